The van der Waals surface area contributed by atoms with Crippen LogP contribution < -0.4 is 0 Å². The predicted octanol–water partition coefficient (Wildman–Crippen LogP) is -2.10. The number of aliphatic hydroxyl groups is 2. The molecule has 1 aliphatic heterocycles. The third-order valence-electron chi connectivity index (χ3n) is 2.68. The van der Waals surface area contributed by atoms with Crippen molar-refractivity contribution in [3.63, 3.8) is 0 Å². The lowest BCUT2D eigenvalue weighted by Gasteiger charge is -2.42. The summed E-state index contributed by atoms with van der Waals surface area (Å²) < 4.78 is 42.1. The van der Waals surface area contributed by atoms with E-state index in [0.29, 0.717) is 0 Å². The second-order valence-corrected chi connectivity index (χ2v) is 6.26. The van der Waals surface area contributed by atoms with Gasteiger partial charge in [-0.1, -0.05) is 0 Å². The Labute approximate surface area is 127 Å². The lowest BCUT2D eigenvalue weighted by molar-refractivity contribution is -0.288. The van der Waals surface area contributed by atoms with Gasteiger partial charge in [0.15, 0.2) is 18.5 Å². The molecule has 0 spiro atoms. The molecule has 1 heterocycles. The van der Waals surface area contributed by atoms with Crippen LogP contribution in [-0.2, 0) is 38.1 Å². The van der Waals surface area contributed by atoms with Gasteiger partial charge < -0.3 is 24.4 Å². The van der Waals surface area contributed by atoms with Crippen molar-refractivity contribution in [2.24, 2.45) is 0 Å². The topological polar surface area (TPSA) is 146 Å². The molecule has 11 heteroatoms. The maximum absolute atomic E-state index is 11.3. The monoisotopic (exact) mass is 342 g/mol. The summed E-state index contributed by atoms with van der Waals surface area (Å²) in [6.45, 7) is 1.36. The summed E-state index contributed by atoms with van der Waals surface area (Å²) in [7, 11) is -4.01. The number of carbonyl (C=O) groups is 2. The number of ether oxygens (including phenoxy) is 3. The minimum atomic E-state index is -4.01. The van der Waals surface area contributed by atoms with Crippen LogP contribution in [0.3, 0.4) is 0 Å². The molecular weight excluding hydrogens is 324 g/mol. The smallest absolute Gasteiger partial charge is 0.303 e. The summed E-state index contributed by atoms with van der Waals surface area (Å²) in [4.78, 5) is 22.3. The third-order valence-corrected chi connectivity index (χ3v) is 3.25. The number of hydrogen-bond acceptors (Lipinski definition) is 10. The predicted molar refractivity (Wildman–Crippen MR) is 68.8 cm³/mol. The zero-order valence-corrected chi connectivity index (χ0v) is 13.0. The molecule has 1 aliphatic rings. The summed E-state index contributed by atoms with van der Waals surface area (Å²) in [6.07, 6.45) is -6.76. The van der Waals surface area contributed by atoms with Crippen molar-refractivity contribution in [1.82, 2.24) is 0 Å². The lowest BCUT2D eigenvalue weighted by atomic mass is 9.99. The molecule has 0 amide bonds. The van der Waals surface area contributed by atoms with Crippen LogP contribution in [0.25, 0.3) is 0 Å². The molecule has 1 saturated heterocycles. The number of rotatable bonds is 5. The Morgan fingerprint density at radius 1 is 1.09 bits per heavy atom. The average Bonchev–Trinajstić information content (AvgIpc) is 2.34. The summed E-state index contributed by atoms with van der Waals surface area (Å²) in [5.41, 5.74) is 0. The van der Waals surface area contributed by atoms with Gasteiger partial charge in [-0.15, -0.1) is 0 Å². The molecule has 0 saturated carbocycles. The van der Waals surface area contributed by atoms with Gasteiger partial charge in [0.05, 0.1) is 12.9 Å². The molecule has 2 N–H and O–H groups in total. The van der Waals surface area contributed by atoms with E-state index in [1.54, 1.807) is 0 Å². The van der Waals surface area contributed by atoms with Gasteiger partial charge in [-0.3, -0.25) is 13.8 Å². The first kappa shape index (κ1) is 18.8. The minimum absolute atomic E-state index is 0.720. The van der Waals surface area contributed by atoms with Crippen LogP contribution >= 0.6 is 0 Å². The van der Waals surface area contributed by atoms with E-state index in [1.807, 2.05) is 0 Å². The van der Waals surface area contributed by atoms with E-state index in [1.165, 1.54) is 0 Å². The molecule has 0 aliphatic carbocycles. The highest BCUT2D eigenvalue weighted by Crippen LogP contribution is 2.28. The number of esters is 2. The van der Waals surface area contributed by atoms with E-state index >= 15 is 0 Å². The fraction of sp³-hybridized carbons (Fsp3) is 0.818. The molecule has 22 heavy (non-hydrogen) atoms. The van der Waals surface area contributed by atoms with E-state index < -0.39 is 59.4 Å². The van der Waals surface area contributed by atoms with Crippen molar-refractivity contribution in [3.05, 3.63) is 0 Å². The van der Waals surface area contributed by atoms with Crippen LogP contribution in [0.4, 0.5) is 0 Å². The number of carbonyl (C=O) groups excluding carboxylic acids is 2. The van der Waals surface area contributed by atoms with Crippen molar-refractivity contribution < 1.29 is 46.6 Å². The Morgan fingerprint density at radius 2 is 1.59 bits per heavy atom. The highest BCUT2D eigenvalue weighted by molar-refractivity contribution is 7.86. The van der Waals surface area contributed by atoms with Crippen LogP contribution in [0.5, 0.6) is 0 Å². The molecule has 10 nitrogen and oxygen atoms in total. The van der Waals surface area contributed by atoms with Crippen molar-refractivity contribution in [1.29, 1.82) is 0 Å². The standard InChI is InChI=1S/C11H18O10S/c1-5(13)18-9-8(21-22(3,16)17)7(4-12)20-11(15)10(9)19-6(2)14/h7-12,15H,4H2,1-3H3/t7-,8-,9+,10-,11+/m1/s1. The van der Waals surface area contributed by atoms with Gasteiger partial charge >= 0.3 is 11.9 Å². The Balaban J connectivity index is 3.17. The van der Waals surface area contributed by atoms with Gasteiger partial charge in [0.2, 0.25) is 0 Å². The number of hydrogen-bond donors (Lipinski definition) is 2. The van der Waals surface area contributed by atoms with Crippen molar-refractivity contribution in [2.45, 2.75) is 44.6 Å². The normalized spacial score (nSPS) is 32.3. The van der Waals surface area contributed by atoms with Crippen LogP contribution in [-0.4, -0.2) is 74.1 Å². The summed E-state index contributed by atoms with van der Waals surface area (Å²) >= 11 is 0. The molecule has 1 fully saturated rings. The second-order valence-electron chi connectivity index (χ2n) is 4.66. The molecular formula is C11H18O10S. The Hall–Kier alpha value is -1.27. The van der Waals surface area contributed by atoms with Crippen molar-refractivity contribution >= 4 is 22.1 Å². The summed E-state index contributed by atoms with van der Waals surface area (Å²) in [6, 6.07) is 0. The van der Waals surface area contributed by atoms with Gasteiger partial charge in [0.25, 0.3) is 10.1 Å². The molecule has 0 aromatic carbocycles. The first-order valence-corrected chi connectivity index (χ1v) is 8.04. The van der Waals surface area contributed by atoms with Gasteiger partial charge in [-0.25, -0.2) is 0 Å². The summed E-state index contributed by atoms with van der Waals surface area (Å²) in [5.74, 6) is -1.64. The van der Waals surface area contributed by atoms with E-state index in [4.69, 9.17) is 18.4 Å². The molecule has 128 valence electrons. The quantitative estimate of drug-likeness (QED) is 0.421. The van der Waals surface area contributed by atoms with E-state index in [9.17, 15) is 28.2 Å². The third kappa shape index (κ3) is 5.18. The summed E-state index contributed by atoms with van der Waals surface area (Å²) in [5, 5.41) is 19.0. The Bertz CT molecular complexity index is 515. The fourth-order valence-electron chi connectivity index (χ4n) is 2.00. The SMILES string of the molecule is CC(=O)O[C@@H]1[C@@H](OC(C)=O)[C@@H](O)O[C@H](CO)[C@H]1OS(C)(=O)=O. The van der Waals surface area contributed by atoms with Crippen molar-refractivity contribution in [2.75, 3.05) is 12.9 Å². The van der Waals surface area contributed by atoms with Gasteiger partial charge in [0, 0.05) is 13.8 Å². The second kappa shape index (κ2) is 7.33. The highest BCUT2D eigenvalue weighted by Gasteiger charge is 2.51. The minimum Gasteiger partial charge on any atom is -0.455 e. The van der Waals surface area contributed by atoms with Crippen molar-refractivity contribution in [3.8, 4) is 0 Å². The van der Waals surface area contributed by atoms with Crippen LogP contribution in [0.2, 0.25) is 0 Å². The van der Waals surface area contributed by atoms with Crippen LogP contribution in [0.1, 0.15) is 13.8 Å². The fourth-order valence-corrected chi connectivity index (χ4v) is 2.64. The zero-order chi connectivity index (χ0) is 17.1. The zero-order valence-electron chi connectivity index (χ0n) is 12.2. The molecule has 0 bridgehead atoms. The molecule has 1 rings (SSSR count). The molecule has 5 atom stereocenters. The van der Waals surface area contributed by atoms with Gasteiger partial charge in [-0.2, -0.15) is 8.42 Å². The maximum atomic E-state index is 11.3. The average molecular weight is 342 g/mol. The maximum Gasteiger partial charge on any atom is 0.303 e. The Kier molecular flexibility index (Phi) is 6.26. The first-order chi connectivity index (χ1) is 10.0. The molecule has 0 unspecified atom stereocenters. The molecule has 0 radical (unpaired) electrons. The lowest BCUT2D eigenvalue weighted by Crippen LogP contribution is -2.62. The van der Waals surface area contributed by atoms with E-state index in [0.717, 1.165) is 20.1 Å². The van der Waals surface area contributed by atoms with E-state index in [-0.39, 0.29) is 0 Å². The van der Waals surface area contributed by atoms with Gasteiger partial charge in [-0.05, 0) is 0 Å². The largest absolute Gasteiger partial charge is 0.455 e. The highest BCUT2D eigenvalue weighted by atomic mass is 32.2. The molecule has 0 aromatic rings. The number of aliphatic hydroxyl groups excluding tert-OH is 2. The first-order valence-electron chi connectivity index (χ1n) is 6.22. The van der Waals surface area contributed by atoms with Crippen LogP contribution in [0, 0.1) is 0 Å². The Morgan fingerprint density at radius 3 is 2.00 bits per heavy atom. The van der Waals surface area contributed by atoms with Gasteiger partial charge in [0.1, 0.15) is 12.2 Å². The molecule has 0 aromatic heterocycles. The van der Waals surface area contributed by atoms with Crippen LogP contribution in [0.15, 0.2) is 0 Å². The van der Waals surface area contributed by atoms with E-state index in [2.05, 4.69) is 0 Å².